The Morgan fingerprint density at radius 3 is 2.85 bits per heavy atom. The molecule has 13 heavy (non-hydrogen) atoms. The normalized spacial score (nSPS) is 10.1. The van der Waals surface area contributed by atoms with Crippen LogP contribution in [-0.4, -0.2) is 13.2 Å². The molecule has 72 valence electrons. The second kappa shape index (κ2) is 5.47. The lowest BCUT2D eigenvalue weighted by molar-refractivity contribution is 0.313. The maximum atomic E-state index is 5.92. The van der Waals surface area contributed by atoms with Gasteiger partial charge in [0.05, 0.1) is 11.6 Å². The van der Waals surface area contributed by atoms with Gasteiger partial charge in [0, 0.05) is 4.47 Å². The molecule has 0 bridgehead atoms. The first-order valence-corrected chi connectivity index (χ1v) is 5.19. The molecule has 1 aromatic rings. The Balaban J connectivity index is 2.56. The third kappa shape index (κ3) is 3.55. The number of hydrogen-bond donors (Lipinski definition) is 1. The van der Waals surface area contributed by atoms with Gasteiger partial charge in [0.1, 0.15) is 5.75 Å². The SMILES string of the molecule is NCCCOc1ccc(Br)cc1Cl. The highest BCUT2D eigenvalue weighted by atomic mass is 79.9. The van der Waals surface area contributed by atoms with Crippen LogP contribution >= 0.6 is 27.5 Å². The standard InChI is InChI=1S/C9H11BrClNO/c10-7-2-3-9(8(11)6-7)13-5-1-4-12/h2-3,6H,1,4-5,12H2. The van der Waals surface area contributed by atoms with Crippen LogP contribution in [0.4, 0.5) is 0 Å². The van der Waals surface area contributed by atoms with Gasteiger partial charge in [-0.1, -0.05) is 27.5 Å². The van der Waals surface area contributed by atoms with Crippen LogP contribution in [-0.2, 0) is 0 Å². The predicted molar refractivity (Wildman–Crippen MR) is 58.3 cm³/mol. The molecule has 0 saturated heterocycles. The van der Waals surface area contributed by atoms with E-state index in [0.29, 0.717) is 23.9 Å². The molecular weight excluding hydrogens is 253 g/mol. The van der Waals surface area contributed by atoms with Crippen molar-refractivity contribution in [2.75, 3.05) is 13.2 Å². The highest BCUT2D eigenvalue weighted by Gasteiger charge is 2.00. The Labute approximate surface area is 91.2 Å². The van der Waals surface area contributed by atoms with E-state index in [0.717, 1.165) is 10.9 Å². The number of rotatable bonds is 4. The number of ether oxygens (including phenoxy) is 1. The lowest BCUT2D eigenvalue weighted by Crippen LogP contribution is -2.06. The van der Waals surface area contributed by atoms with Crippen LogP contribution < -0.4 is 10.5 Å². The van der Waals surface area contributed by atoms with Gasteiger partial charge in [-0.3, -0.25) is 0 Å². The zero-order chi connectivity index (χ0) is 9.68. The molecule has 0 aliphatic heterocycles. The number of nitrogens with two attached hydrogens (primary N) is 1. The Hall–Kier alpha value is -0.250. The molecule has 0 aromatic heterocycles. The molecule has 0 saturated carbocycles. The Morgan fingerprint density at radius 2 is 2.23 bits per heavy atom. The molecule has 0 unspecified atom stereocenters. The Kier molecular flexibility index (Phi) is 4.56. The minimum Gasteiger partial charge on any atom is -0.492 e. The lowest BCUT2D eigenvalue weighted by atomic mass is 10.3. The first-order chi connectivity index (χ1) is 6.24. The molecule has 0 aliphatic carbocycles. The van der Waals surface area contributed by atoms with Crippen molar-refractivity contribution in [1.29, 1.82) is 0 Å². The third-order valence-electron chi connectivity index (χ3n) is 1.50. The molecule has 0 heterocycles. The van der Waals surface area contributed by atoms with Gasteiger partial charge in [-0.05, 0) is 31.2 Å². The third-order valence-corrected chi connectivity index (χ3v) is 2.29. The van der Waals surface area contributed by atoms with E-state index in [1.54, 1.807) is 6.07 Å². The van der Waals surface area contributed by atoms with Gasteiger partial charge in [-0.15, -0.1) is 0 Å². The summed E-state index contributed by atoms with van der Waals surface area (Å²) in [6.07, 6.45) is 0.840. The van der Waals surface area contributed by atoms with E-state index in [4.69, 9.17) is 22.1 Å². The monoisotopic (exact) mass is 263 g/mol. The van der Waals surface area contributed by atoms with Gasteiger partial charge in [0.2, 0.25) is 0 Å². The molecule has 0 aliphatic rings. The predicted octanol–water partition coefficient (Wildman–Crippen LogP) is 2.83. The van der Waals surface area contributed by atoms with Gasteiger partial charge < -0.3 is 10.5 Å². The van der Waals surface area contributed by atoms with E-state index in [9.17, 15) is 0 Å². The molecule has 0 atom stereocenters. The Bertz CT molecular complexity index is 280. The van der Waals surface area contributed by atoms with Crippen molar-refractivity contribution in [3.8, 4) is 5.75 Å². The van der Waals surface area contributed by atoms with Crippen LogP contribution in [0, 0.1) is 0 Å². The highest BCUT2D eigenvalue weighted by molar-refractivity contribution is 9.10. The second-order valence-electron chi connectivity index (χ2n) is 2.57. The minimum absolute atomic E-state index is 0.609. The van der Waals surface area contributed by atoms with Gasteiger partial charge in [0.15, 0.2) is 0 Å². The molecule has 0 spiro atoms. The molecule has 2 N–H and O–H groups in total. The summed E-state index contributed by atoms with van der Waals surface area (Å²) in [5.74, 6) is 0.707. The maximum absolute atomic E-state index is 5.92. The lowest BCUT2D eigenvalue weighted by Gasteiger charge is -2.06. The molecule has 0 amide bonds. The number of hydrogen-bond acceptors (Lipinski definition) is 2. The van der Waals surface area contributed by atoms with Crippen molar-refractivity contribution in [2.24, 2.45) is 5.73 Å². The van der Waals surface area contributed by atoms with Crippen LogP contribution in [0.2, 0.25) is 5.02 Å². The van der Waals surface area contributed by atoms with E-state index in [2.05, 4.69) is 15.9 Å². The summed E-state index contributed by atoms with van der Waals surface area (Å²) in [4.78, 5) is 0. The van der Waals surface area contributed by atoms with Crippen molar-refractivity contribution in [3.05, 3.63) is 27.7 Å². The topological polar surface area (TPSA) is 35.2 Å². The fraction of sp³-hybridized carbons (Fsp3) is 0.333. The fourth-order valence-corrected chi connectivity index (χ4v) is 1.59. The Morgan fingerprint density at radius 1 is 1.46 bits per heavy atom. The summed E-state index contributed by atoms with van der Waals surface area (Å²) in [6.45, 7) is 1.24. The second-order valence-corrected chi connectivity index (χ2v) is 3.89. The van der Waals surface area contributed by atoms with Crippen LogP contribution in [0.1, 0.15) is 6.42 Å². The van der Waals surface area contributed by atoms with E-state index < -0.39 is 0 Å². The van der Waals surface area contributed by atoms with Crippen molar-refractivity contribution >= 4 is 27.5 Å². The first-order valence-electron chi connectivity index (χ1n) is 4.02. The minimum atomic E-state index is 0.609. The summed E-state index contributed by atoms with van der Waals surface area (Å²) in [7, 11) is 0. The van der Waals surface area contributed by atoms with Gasteiger partial charge >= 0.3 is 0 Å². The molecule has 1 aromatic carbocycles. The van der Waals surface area contributed by atoms with E-state index in [1.165, 1.54) is 0 Å². The highest BCUT2D eigenvalue weighted by Crippen LogP contribution is 2.27. The van der Waals surface area contributed by atoms with Gasteiger partial charge in [-0.25, -0.2) is 0 Å². The van der Waals surface area contributed by atoms with Gasteiger partial charge in [0.25, 0.3) is 0 Å². The average molecular weight is 265 g/mol. The van der Waals surface area contributed by atoms with Crippen molar-refractivity contribution in [2.45, 2.75) is 6.42 Å². The van der Waals surface area contributed by atoms with Crippen LogP contribution in [0.5, 0.6) is 5.75 Å². The van der Waals surface area contributed by atoms with Crippen molar-refractivity contribution in [3.63, 3.8) is 0 Å². The molecule has 1 rings (SSSR count). The van der Waals surface area contributed by atoms with E-state index in [-0.39, 0.29) is 0 Å². The largest absolute Gasteiger partial charge is 0.492 e. The van der Waals surface area contributed by atoms with Crippen molar-refractivity contribution < 1.29 is 4.74 Å². The van der Waals surface area contributed by atoms with Crippen LogP contribution in [0.3, 0.4) is 0 Å². The maximum Gasteiger partial charge on any atom is 0.137 e. The summed E-state index contributed by atoms with van der Waals surface area (Å²) in [5, 5.41) is 0.617. The zero-order valence-corrected chi connectivity index (χ0v) is 9.44. The average Bonchev–Trinajstić information content (AvgIpc) is 2.09. The first kappa shape index (κ1) is 10.8. The summed E-state index contributed by atoms with van der Waals surface area (Å²) in [6, 6.07) is 5.53. The quantitative estimate of drug-likeness (QED) is 0.849. The van der Waals surface area contributed by atoms with Gasteiger partial charge in [-0.2, -0.15) is 0 Å². The molecule has 4 heteroatoms. The van der Waals surface area contributed by atoms with Crippen LogP contribution in [0.25, 0.3) is 0 Å². The van der Waals surface area contributed by atoms with Crippen LogP contribution in [0.15, 0.2) is 22.7 Å². The summed E-state index contributed by atoms with van der Waals surface area (Å²) in [5.41, 5.74) is 5.33. The molecule has 2 nitrogen and oxygen atoms in total. The molecular formula is C9H11BrClNO. The smallest absolute Gasteiger partial charge is 0.137 e. The number of benzene rings is 1. The molecule has 0 fully saturated rings. The fourth-order valence-electron chi connectivity index (χ4n) is 0.858. The number of halogens is 2. The molecule has 0 radical (unpaired) electrons. The zero-order valence-electron chi connectivity index (χ0n) is 7.09. The summed E-state index contributed by atoms with van der Waals surface area (Å²) >= 11 is 9.24. The summed E-state index contributed by atoms with van der Waals surface area (Å²) < 4.78 is 6.35. The van der Waals surface area contributed by atoms with E-state index >= 15 is 0 Å². The van der Waals surface area contributed by atoms with Crippen molar-refractivity contribution in [1.82, 2.24) is 0 Å². The van der Waals surface area contributed by atoms with E-state index in [1.807, 2.05) is 12.1 Å².